The molecular formula is C17H11FO4. The van der Waals surface area contributed by atoms with Crippen molar-refractivity contribution < 1.29 is 18.3 Å². The van der Waals surface area contributed by atoms with E-state index >= 15 is 0 Å². The van der Waals surface area contributed by atoms with Crippen molar-refractivity contribution in [3.63, 3.8) is 0 Å². The van der Waals surface area contributed by atoms with Crippen LogP contribution in [0.5, 0.6) is 5.75 Å². The highest BCUT2D eigenvalue weighted by Gasteiger charge is 2.19. The molecule has 0 aliphatic carbocycles. The Balaban J connectivity index is 2.37. The first-order valence-corrected chi connectivity index (χ1v) is 6.56. The molecule has 0 spiro atoms. The molecule has 0 radical (unpaired) electrons. The molecule has 0 bridgehead atoms. The van der Waals surface area contributed by atoms with E-state index in [1.807, 2.05) is 6.07 Å². The van der Waals surface area contributed by atoms with E-state index in [9.17, 15) is 14.0 Å². The highest BCUT2D eigenvalue weighted by atomic mass is 19.1. The van der Waals surface area contributed by atoms with Crippen LogP contribution in [-0.2, 0) is 4.79 Å². The maximum Gasteiger partial charge on any atom is 0.308 e. The summed E-state index contributed by atoms with van der Waals surface area (Å²) in [5.41, 5.74) is 0.220. The second-order valence-corrected chi connectivity index (χ2v) is 4.69. The lowest BCUT2D eigenvalue weighted by molar-refractivity contribution is -0.131. The smallest absolute Gasteiger partial charge is 0.308 e. The first-order chi connectivity index (χ1) is 10.6. The van der Waals surface area contributed by atoms with Crippen molar-refractivity contribution in [1.29, 1.82) is 0 Å². The zero-order valence-electron chi connectivity index (χ0n) is 11.6. The Morgan fingerprint density at radius 3 is 2.55 bits per heavy atom. The van der Waals surface area contributed by atoms with Crippen LogP contribution in [0.2, 0.25) is 0 Å². The fraction of sp³-hybridized carbons (Fsp3) is 0.0588. The number of esters is 1. The molecule has 0 aliphatic heterocycles. The van der Waals surface area contributed by atoms with Gasteiger partial charge in [0.1, 0.15) is 11.4 Å². The van der Waals surface area contributed by atoms with Crippen molar-refractivity contribution in [1.82, 2.24) is 0 Å². The van der Waals surface area contributed by atoms with Crippen LogP contribution in [0, 0.1) is 5.82 Å². The van der Waals surface area contributed by atoms with Crippen LogP contribution in [0.15, 0.2) is 57.7 Å². The molecule has 22 heavy (non-hydrogen) atoms. The van der Waals surface area contributed by atoms with Gasteiger partial charge >= 0.3 is 5.97 Å². The van der Waals surface area contributed by atoms with E-state index in [1.165, 1.54) is 19.1 Å². The lowest BCUT2D eigenvalue weighted by Gasteiger charge is -2.09. The van der Waals surface area contributed by atoms with Gasteiger partial charge in [0, 0.05) is 12.5 Å². The predicted octanol–water partition coefficient (Wildman–Crippen LogP) is 3.52. The van der Waals surface area contributed by atoms with Gasteiger partial charge < -0.3 is 9.15 Å². The highest BCUT2D eigenvalue weighted by Crippen LogP contribution is 2.30. The van der Waals surface area contributed by atoms with E-state index < -0.39 is 17.2 Å². The molecule has 3 aromatic rings. The molecule has 0 aliphatic rings. The largest absolute Gasteiger partial charge is 0.452 e. The summed E-state index contributed by atoms with van der Waals surface area (Å²) in [5, 5.41) is 0.0240. The Bertz CT molecular complexity index is 913. The Morgan fingerprint density at radius 2 is 1.86 bits per heavy atom. The lowest BCUT2D eigenvalue weighted by Crippen LogP contribution is -2.13. The van der Waals surface area contributed by atoms with E-state index in [0.29, 0.717) is 5.56 Å². The number of carbonyl (C=O) groups excluding carboxylic acids is 1. The van der Waals surface area contributed by atoms with Crippen molar-refractivity contribution in [2.75, 3.05) is 0 Å². The molecule has 0 fully saturated rings. The van der Waals surface area contributed by atoms with Crippen molar-refractivity contribution in [2.24, 2.45) is 0 Å². The summed E-state index contributed by atoms with van der Waals surface area (Å²) < 4.78 is 24.0. The van der Waals surface area contributed by atoms with Crippen LogP contribution in [0.1, 0.15) is 6.92 Å². The minimum Gasteiger partial charge on any atom is -0.452 e. The molecule has 2 aromatic carbocycles. The molecule has 1 heterocycles. The highest BCUT2D eigenvalue weighted by molar-refractivity contribution is 5.83. The van der Waals surface area contributed by atoms with E-state index in [0.717, 1.165) is 6.07 Å². The summed E-state index contributed by atoms with van der Waals surface area (Å²) in [6, 6.07) is 12.4. The number of hydrogen-bond acceptors (Lipinski definition) is 4. The van der Waals surface area contributed by atoms with Gasteiger partial charge in [0.25, 0.3) is 0 Å². The predicted molar refractivity (Wildman–Crippen MR) is 79.2 cm³/mol. The number of fused-ring (bicyclic) bond motifs is 1. The third-order valence-electron chi connectivity index (χ3n) is 3.09. The Kier molecular flexibility index (Phi) is 3.47. The summed E-state index contributed by atoms with van der Waals surface area (Å²) in [6.45, 7) is 1.18. The van der Waals surface area contributed by atoms with Gasteiger partial charge in [-0.25, -0.2) is 4.39 Å². The lowest BCUT2D eigenvalue weighted by atomic mass is 10.1. The van der Waals surface area contributed by atoms with E-state index in [-0.39, 0.29) is 22.5 Å². The normalized spacial score (nSPS) is 10.6. The van der Waals surface area contributed by atoms with Crippen molar-refractivity contribution >= 4 is 16.9 Å². The molecule has 0 unspecified atom stereocenters. The summed E-state index contributed by atoms with van der Waals surface area (Å²) in [7, 11) is 0. The Labute approximate surface area is 124 Å². The summed E-state index contributed by atoms with van der Waals surface area (Å²) in [5.74, 6) is -1.32. The van der Waals surface area contributed by atoms with Crippen LogP contribution in [0.3, 0.4) is 0 Å². The van der Waals surface area contributed by atoms with Crippen LogP contribution in [0.25, 0.3) is 22.3 Å². The fourth-order valence-corrected chi connectivity index (χ4v) is 2.17. The van der Waals surface area contributed by atoms with Gasteiger partial charge in [-0.3, -0.25) is 9.59 Å². The molecule has 110 valence electrons. The second-order valence-electron chi connectivity index (χ2n) is 4.69. The number of ether oxygens (including phenoxy) is 1. The van der Waals surface area contributed by atoms with Crippen LogP contribution >= 0.6 is 0 Å². The maximum atomic E-state index is 13.3. The van der Waals surface area contributed by atoms with E-state index in [2.05, 4.69) is 0 Å². The summed E-state index contributed by atoms with van der Waals surface area (Å²) in [4.78, 5) is 23.8. The average molecular weight is 298 g/mol. The number of hydrogen-bond donors (Lipinski definition) is 0. The number of rotatable bonds is 2. The standard InChI is InChI=1S/C17H11FO4/c1-10(19)21-17-15(20)13-9-12(18)7-8-14(13)22-16(17)11-5-3-2-4-6-11/h2-9H,1H3. The van der Waals surface area contributed by atoms with Crippen molar-refractivity contribution in [2.45, 2.75) is 6.92 Å². The molecule has 0 atom stereocenters. The number of benzene rings is 2. The van der Waals surface area contributed by atoms with Gasteiger partial charge in [-0.15, -0.1) is 0 Å². The van der Waals surface area contributed by atoms with Crippen LogP contribution in [0.4, 0.5) is 4.39 Å². The minimum atomic E-state index is -0.653. The monoisotopic (exact) mass is 298 g/mol. The third kappa shape index (κ3) is 2.48. The van der Waals surface area contributed by atoms with Gasteiger partial charge in [0.2, 0.25) is 11.2 Å². The van der Waals surface area contributed by atoms with Gasteiger partial charge in [-0.1, -0.05) is 30.3 Å². The first kappa shape index (κ1) is 14.0. The molecule has 0 saturated carbocycles. The molecule has 0 N–H and O–H groups in total. The molecule has 0 amide bonds. The van der Waals surface area contributed by atoms with Gasteiger partial charge in [0.15, 0.2) is 5.76 Å². The van der Waals surface area contributed by atoms with Gasteiger partial charge in [-0.2, -0.15) is 0 Å². The number of halogens is 1. The molecular weight excluding hydrogens is 287 g/mol. The molecule has 5 heteroatoms. The van der Waals surface area contributed by atoms with Crippen molar-refractivity contribution in [3.05, 3.63) is 64.6 Å². The molecule has 4 nitrogen and oxygen atoms in total. The molecule has 0 saturated heterocycles. The zero-order chi connectivity index (χ0) is 15.7. The Morgan fingerprint density at radius 1 is 1.14 bits per heavy atom. The van der Waals surface area contributed by atoms with E-state index in [1.54, 1.807) is 24.3 Å². The van der Waals surface area contributed by atoms with Crippen LogP contribution in [-0.4, -0.2) is 5.97 Å². The second kappa shape index (κ2) is 5.44. The first-order valence-electron chi connectivity index (χ1n) is 6.56. The fourth-order valence-electron chi connectivity index (χ4n) is 2.17. The summed E-state index contributed by atoms with van der Waals surface area (Å²) in [6.07, 6.45) is 0. The van der Waals surface area contributed by atoms with Gasteiger partial charge in [-0.05, 0) is 18.2 Å². The number of carbonyl (C=O) groups is 1. The molecule has 1 aromatic heterocycles. The van der Waals surface area contributed by atoms with Crippen molar-refractivity contribution in [3.8, 4) is 17.1 Å². The quantitative estimate of drug-likeness (QED) is 0.679. The average Bonchev–Trinajstić information content (AvgIpc) is 2.51. The van der Waals surface area contributed by atoms with E-state index in [4.69, 9.17) is 9.15 Å². The summed E-state index contributed by atoms with van der Waals surface area (Å²) >= 11 is 0. The molecule has 3 rings (SSSR count). The zero-order valence-corrected chi connectivity index (χ0v) is 11.6. The minimum absolute atomic E-state index is 0.0240. The SMILES string of the molecule is CC(=O)Oc1c(-c2ccccc2)oc2ccc(F)cc2c1=O. The Hall–Kier alpha value is -2.95. The third-order valence-corrected chi connectivity index (χ3v) is 3.09. The topological polar surface area (TPSA) is 56.5 Å². The van der Waals surface area contributed by atoms with Gasteiger partial charge in [0.05, 0.1) is 5.39 Å². The van der Waals surface area contributed by atoms with Crippen LogP contribution < -0.4 is 10.2 Å². The maximum absolute atomic E-state index is 13.3.